The van der Waals surface area contributed by atoms with Gasteiger partial charge < -0.3 is 11.1 Å². The monoisotopic (exact) mass is 170 g/mol. The average Bonchev–Trinajstić information content (AvgIpc) is 2.10. The van der Waals surface area contributed by atoms with Crippen LogP contribution in [0.3, 0.4) is 0 Å². The maximum atomic E-state index is 11.0. The van der Waals surface area contributed by atoms with Crippen molar-refractivity contribution >= 4 is 5.91 Å². The minimum absolute atomic E-state index is 0.0789. The molecule has 0 bridgehead atoms. The molecule has 0 fully saturated rings. The Hall–Kier alpha value is -0.830. The summed E-state index contributed by atoms with van der Waals surface area (Å²) in [5, 5.41) is 2.71. The molecule has 0 saturated heterocycles. The number of carbonyl (C=O) groups excluding carboxylic acids is 1. The molecule has 1 atom stereocenters. The summed E-state index contributed by atoms with van der Waals surface area (Å²) in [5.41, 5.74) is 5.41. The molecule has 1 amide bonds. The Morgan fingerprint density at radius 2 is 2.42 bits per heavy atom. The zero-order valence-electron chi connectivity index (χ0n) is 7.68. The first-order valence-corrected chi connectivity index (χ1v) is 4.28. The van der Waals surface area contributed by atoms with E-state index in [1.165, 1.54) is 0 Å². The number of nitrogens with two attached hydrogens (primary N) is 1. The van der Waals surface area contributed by atoms with Crippen molar-refractivity contribution in [2.24, 2.45) is 11.7 Å². The first kappa shape index (κ1) is 11.2. The molecule has 0 rings (SSSR count). The molecule has 3 heteroatoms. The first-order chi connectivity index (χ1) is 5.70. The van der Waals surface area contributed by atoms with Crippen LogP contribution in [0.4, 0.5) is 0 Å². The Balaban J connectivity index is 3.36. The highest BCUT2D eigenvalue weighted by molar-refractivity contribution is 5.75. The number of hydrogen-bond donors (Lipinski definition) is 2. The molecule has 0 aromatic carbocycles. The van der Waals surface area contributed by atoms with Crippen molar-refractivity contribution in [2.45, 2.75) is 19.8 Å². The largest absolute Gasteiger partial charge is 0.353 e. The van der Waals surface area contributed by atoms with Gasteiger partial charge in [-0.05, 0) is 18.9 Å². The molecule has 0 saturated carbocycles. The first-order valence-electron chi connectivity index (χ1n) is 4.28. The molecule has 1 unspecified atom stereocenters. The zero-order chi connectivity index (χ0) is 9.40. The van der Waals surface area contributed by atoms with Crippen molar-refractivity contribution in [3.05, 3.63) is 12.7 Å². The van der Waals surface area contributed by atoms with Crippen LogP contribution < -0.4 is 11.1 Å². The molecule has 3 nitrogen and oxygen atoms in total. The predicted molar refractivity (Wildman–Crippen MR) is 50.7 cm³/mol. The summed E-state index contributed by atoms with van der Waals surface area (Å²) in [5.74, 6) is 0.509. The Bertz CT molecular complexity index is 145. The smallest absolute Gasteiger partial charge is 0.220 e. The van der Waals surface area contributed by atoms with E-state index >= 15 is 0 Å². The van der Waals surface area contributed by atoms with Crippen LogP contribution in [0.1, 0.15) is 19.8 Å². The molecule has 3 N–H and O–H groups in total. The lowest BCUT2D eigenvalue weighted by atomic mass is 10.1. The third kappa shape index (κ3) is 5.92. The number of rotatable bonds is 6. The maximum Gasteiger partial charge on any atom is 0.220 e. The third-order valence-corrected chi connectivity index (χ3v) is 1.71. The SMILES string of the molecule is C=CCNC(=O)CCC(C)CN. The summed E-state index contributed by atoms with van der Waals surface area (Å²) in [6, 6.07) is 0. The van der Waals surface area contributed by atoms with E-state index in [1.807, 2.05) is 6.92 Å². The Morgan fingerprint density at radius 1 is 1.75 bits per heavy atom. The van der Waals surface area contributed by atoms with E-state index in [4.69, 9.17) is 5.73 Å². The third-order valence-electron chi connectivity index (χ3n) is 1.71. The molecule has 12 heavy (non-hydrogen) atoms. The fourth-order valence-corrected chi connectivity index (χ4v) is 0.770. The summed E-state index contributed by atoms with van der Waals surface area (Å²) in [6.07, 6.45) is 3.09. The summed E-state index contributed by atoms with van der Waals surface area (Å²) in [6.45, 7) is 6.75. The second-order valence-corrected chi connectivity index (χ2v) is 2.97. The van der Waals surface area contributed by atoms with Crippen molar-refractivity contribution in [1.82, 2.24) is 5.32 Å². The van der Waals surface area contributed by atoms with Crippen LogP contribution in [0.15, 0.2) is 12.7 Å². The zero-order valence-corrected chi connectivity index (χ0v) is 7.68. The van der Waals surface area contributed by atoms with Crippen LogP contribution in [0, 0.1) is 5.92 Å². The molecular weight excluding hydrogens is 152 g/mol. The Morgan fingerprint density at radius 3 is 2.92 bits per heavy atom. The number of hydrogen-bond acceptors (Lipinski definition) is 2. The van der Waals surface area contributed by atoms with Gasteiger partial charge in [-0.3, -0.25) is 4.79 Å². The topological polar surface area (TPSA) is 55.1 Å². The lowest BCUT2D eigenvalue weighted by Gasteiger charge is -2.07. The quantitative estimate of drug-likeness (QED) is 0.575. The van der Waals surface area contributed by atoms with Crippen molar-refractivity contribution in [3.63, 3.8) is 0 Å². The average molecular weight is 170 g/mol. The van der Waals surface area contributed by atoms with Gasteiger partial charge >= 0.3 is 0 Å². The minimum atomic E-state index is 0.0789. The highest BCUT2D eigenvalue weighted by Gasteiger charge is 2.03. The van der Waals surface area contributed by atoms with Gasteiger partial charge in [0, 0.05) is 13.0 Å². The van der Waals surface area contributed by atoms with Crippen LogP contribution in [0.2, 0.25) is 0 Å². The molecule has 70 valence electrons. The van der Waals surface area contributed by atoms with Crippen molar-refractivity contribution in [1.29, 1.82) is 0 Å². The standard InChI is InChI=1S/C9H18N2O/c1-3-6-11-9(12)5-4-8(2)7-10/h3,8H,1,4-7,10H2,2H3,(H,11,12). The molecule has 0 heterocycles. The Kier molecular flexibility index (Phi) is 6.38. The van der Waals surface area contributed by atoms with Crippen molar-refractivity contribution in [2.75, 3.05) is 13.1 Å². The van der Waals surface area contributed by atoms with E-state index in [1.54, 1.807) is 6.08 Å². The molecule has 0 aliphatic carbocycles. The maximum absolute atomic E-state index is 11.0. The second-order valence-electron chi connectivity index (χ2n) is 2.97. The van der Waals surface area contributed by atoms with E-state index in [0.29, 0.717) is 25.4 Å². The van der Waals surface area contributed by atoms with E-state index in [0.717, 1.165) is 6.42 Å². The van der Waals surface area contributed by atoms with Gasteiger partial charge in [-0.15, -0.1) is 6.58 Å². The van der Waals surface area contributed by atoms with Crippen LogP contribution >= 0.6 is 0 Å². The molecule has 0 aliphatic rings. The van der Waals surface area contributed by atoms with Gasteiger partial charge in [-0.25, -0.2) is 0 Å². The van der Waals surface area contributed by atoms with Crippen LogP contribution in [-0.2, 0) is 4.79 Å². The summed E-state index contributed by atoms with van der Waals surface area (Å²) in [4.78, 5) is 11.0. The summed E-state index contributed by atoms with van der Waals surface area (Å²) < 4.78 is 0. The number of nitrogens with one attached hydrogen (secondary N) is 1. The van der Waals surface area contributed by atoms with Crippen LogP contribution in [0.25, 0.3) is 0 Å². The van der Waals surface area contributed by atoms with Crippen molar-refractivity contribution < 1.29 is 4.79 Å². The van der Waals surface area contributed by atoms with E-state index in [2.05, 4.69) is 11.9 Å². The number of amides is 1. The molecule has 0 aromatic heterocycles. The normalized spacial score (nSPS) is 12.2. The summed E-state index contributed by atoms with van der Waals surface area (Å²) >= 11 is 0. The molecule has 0 spiro atoms. The Labute approximate surface area is 74.0 Å². The fraction of sp³-hybridized carbons (Fsp3) is 0.667. The highest BCUT2D eigenvalue weighted by Crippen LogP contribution is 2.02. The van der Waals surface area contributed by atoms with Crippen LogP contribution in [-0.4, -0.2) is 19.0 Å². The molecule has 0 aliphatic heterocycles. The minimum Gasteiger partial charge on any atom is -0.353 e. The van der Waals surface area contributed by atoms with Crippen molar-refractivity contribution in [3.8, 4) is 0 Å². The van der Waals surface area contributed by atoms with Gasteiger partial charge in [0.1, 0.15) is 0 Å². The van der Waals surface area contributed by atoms with Gasteiger partial charge in [-0.1, -0.05) is 13.0 Å². The van der Waals surface area contributed by atoms with E-state index in [9.17, 15) is 4.79 Å². The van der Waals surface area contributed by atoms with Crippen LogP contribution in [0.5, 0.6) is 0 Å². The summed E-state index contributed by atoms with van der Waals surface area (Å²) in [7, 11) is 0. The van der Waals surface area contributed by atoms with E-state index < -0.39 is 0 Å². The predicted octanol–water partition coefficient (Wildman–Crippen LogP) is 0.664. The van der Waals surface area contributed by atoms with E-state index in [-0.39, 0.29) is 5.91 Å². The lowest BCUT2D eigenvalue weighted by molar-refractivity contribution is -0.121. The van der Waals surface area contributed by atoms with Gasteiger partial charge in [0.05, 0.1) is 0 Å². The lowest BCUT2D eigenvalue weighted by Crippen LogP contribution is -2.24. The van der Waals surface area contributed by atoms with Gasteiger partial charge in [-0.2, -0.15) is 0 Å². The fourth-order valence-electron chi connectivity index (χ4n) is 0.770. The molecule has 0 radical (unpaired) electrons. The molecule has 0 aromatic rings. The number of carbonyl (C=O) groups is 1. The highest BCUT2D eigenvalue weighted by atomic mass is 16.1. The van der Waals surface area contributed by atoms with Gasteiger partial charge in [0.15, 0.2) is 0 Å². The van der Waals surface area contributed by atoms with Gasteiger partial charge in [0.25, 0.3) is 0 Å². The second kappa shape index (κ2) is 6.85. The molecular formula is C9H18N2O. The van der Waals surface area contributed by atoms with Gasteiger partial charge in [0.2, 0.25) is 5.91 Å².